The Morgan fingerprint density at radius 1 is 1.00 bits per heavy atom. The lowest BCUT2D eigenvalue weighted by Crippen LogP contribution is -2.14. The van der Waals surface area contributed by atoms with E-state index in [9.17, 15) is 0 Å². The highest BCUT2D eigenvalue weighted by molar-refractivity contribution is 7.10. The van der Waals surface area contributed by atoms with E-state index in [0.717, 1.165) is 47.7 Å². The number of benzene rings is 2. The minimum Gasteiger partial charge on any atom is -0.493 e. The van der Waals surface area contributed by atoms with Gasteiger partial charge in [0.2, 0.25) is 0 Å². The van der Waals surface area contributed by atoms with Crippen LogP contribution in [0.5, 0.6) is 11.5 Å². The van der Waals surface area contributed by atoms with Crippen LogP contribution in [0, 0.1) is 13.8 Å². The van der Waals surface area contributed by atoms with E-state index < -0.39 is 0 Å². The number of aliphatic imine (C=N–C) groups is 2. The number of hydrogen-bond acceptors (Lipinski definition) is 6. The summed E-state index contributed by atoms with van der Waals surface area (Å²) in [5.41, 5.74) is 9.76. The third-order valence-electron chi connectivity index (χ3n) is 6.72. The summed E-state index contributed by atoms with van der Waals surface area (Å²) in [7, 11) is 3.29. The molecule has 36 heavy (non-hydrogen) atoms. The number of thiophene rings is 1. The van der Waals surface area contributed by atoms with E-state index in [2.05, 4.69) is 48.5 Å². The lowest BCUT2D eigenvalue weighted by atomic mass is 9.92. The Morgan fingerprint density at radius 2 is 1.81 bits per heavy atom. The van der Waals surface area contributed by atoms with Crippen molar-refractivity contribution in [3.05, 3.63) is 104 Å². The van der Waals surface area contributed by atoms with Crippen LogP contribution in [-0.2, 0) is 12.8 Å². The average molecular weight is 499 g/mol. The third-order valence-corrected chi connectivity index (χ3v) is 7.77. The molecule has 0 saturated heterocycles. The van der Waals surface area contributed by atoms with Crippen molar-refractivity contribution in [2.24, 2.45) is 9.98 Å². The van der Waals surface area contributed by atoms with Gasteiger partial charge in [-0.25, -0.2) is 0 Å². The Balaban J connectivity index is 0.000000149. The molecular weight excluding hydrogens is 468 g/mol. The summed E-state index contributed by atoms with van der Waals surface area (Å²) in [5.74, 6) is 1.48. The maximum atomic E-state index is 5.36. The summed E-state index contributed by atoms with van der Waals surface area (Å²) >= 11 is 1.83. The van der Waals surface area contributed by atoms with Gasteiger partial charge in [0.05, 0.1) is 38.5 Å². The number of nitrogens with zero attached hydrogens (tertiary/aromatic N) is 2. The van der Waals surface area contributed by atoms with E-state index >= 15 is 0 Å². The first-order chi connectivity index (χ1) is 17.6. The number of ether oxygens (including phenoxy) is 2. The van der Waals surface area contributed by atoms with Gasteiger partial charge in [0.15, 0.2) is 11.5 Å². The van der Waals surface area contributed by atoms with Gasteiger partial charge in [-0.1, -0.05) is 24.3 Å². The van der Waals surface area contributed by atoms with Crippen LogP contribution in [0.25, 0.3) is 0 Å². The Morgan fingerprint density at radius 3 is 2.53 bits per heavy atom. The molecule has 6 rings (SSSR count). The van der Waals surface area contributed by atoms with Crippen molar-refractivity contribution in [2.45, 2.75) is 32.7 Å². The minimum atomic E-state index is 0.316. The standard InChI is InChI=1S/C15H15NO3.C15H15NS/c1-17-13-7-10-3-5-16-15(11-4-6-19-9-11)12(10)8-14(13)18-2;1-10-9-17-11(2)15(10)14-7-12-5-3-4-6-13(12)8-16-14/h4,6-9H,3,5H2,1-2H3;3-6,8-9,14H,7H2,1-2H3. The molecule has 2 aromatic heterocycles. The maximum Gasteiger partial charge on any atom is 0.161 e. The fourth-order valence-electron chi connectivity index (χ4n) is 4.90. The summed E-state index contributed by atoms with van der Waals surface area (Å²) in [5, 5.41) is 2.24. The molecule has 184 valence electrons. The van der Waals surface area contributed by atoms with E-state index in [0.29, 0.717) is 6.04 Å². The molecule has 0 aliphatic carbocycles. The van der Waals surface area contributed by atoms with Crippen molar-refractivity contribution in [3.8, 4) is 11.5 Å². The van der Waals surface area contributed by atoms with Crippen molar-refractivity contribution in [1.82, 2.24) is 0 Å². The Hall–Kier alpha value is -3.64. The van der Waals surface area contributed by atoms with Crippen LogP contribution < -0.4 is 9.47 Å². The van der Waals surface area contributed by atoms with E-state index in [1.807, 2.05) is 35.8 Å². The normalized spacial score (nSPS) is 15.8. The van der Waals surface area contributed by atoms with Gasteiger partial charge in [-0.05, 0) is 78.1 Å². The van der Waals surface area contributed by atoms with Gasteiger partial charge < -0.3 is 13.9 Å². The quantitative estimate of drug-likeness (QED) is 0.312. The number of hydrogen-bond donors (Lipinski definition) is 0. The first-order valence-electron chi connectivity index (χ1n) is 12.1. The second-order valence-corrected chi connectivity index (χ2v) is 10.0. The Kier molecular flexibility index (Phi) is 7.05. The molecule has 6 heteroatoms. The fraction of sp³-hybridized carbons (Fsp3) is 0.267. The van der Waals surface area contributed by atoms with Gasteiger partial charge in [0.1, 0.15) is 0 Å². The van der Waals surface area contributed by atoms with Crippen LogP contribution in [0.2, 0.25) is 0 Å². The number of furan rings is 1. The van der Waals surface area contributed by atoms with E-state index in [1.165, 1.54) is 32.7 Å². The van der Waals surface area contributed by atoms with Gasteiger partial charge in [-0.15, -0.1) is 11.3 Å². The molecule has 0 fully saturated rings. The molecule has 0 bridgehead atoms. The van der Waals surface area contributed by atoms with Gasteiger partial charge in [-0.2, -0.15) is 0 Å². The van der Waals surface area contributed by atoms with E-state index in [1.54, 1.807) is 26.7 Å². The van der Waals surface area contributed by atoms with Crippen LogP contribution in [-0.4, -0.2) is 32.7 Å². The molecule has 4 heterocycles. The zero-order chi connectivity index (χ0) is 25.1. The highest BCUT2D eigenvalue weighted by atomic mass is 32.1. The Labute approximate surface area is 216 Å². The van der Waals surface area contributed by atoms with Crippen molar-refractivity contribution in [2.75, 3.05) is 20.8 Å². The summed E-state index contributed by atoms with van der Waals surface area (Å²) in [6.45, 7) is 5.17. The molecule has 2 aliphatic heterocycles. The average Bonchev–Trinajstić information content (AvgIpc) is 3.57. The fourth-order valence-corrected chi connectivity index (χ4v) is 5.80. The molecule has 0 radical (unpaired) electrons. The number of rotatable bonds is 4. The first-order valence-corrected chi connectivity index (χ1v) is 12.9. The molecular formula is C30H30N2O3S. The van der Waals surface area contributed by atoms with Crippen LogP contribution in [0.3, 0.4) is 0 Å². The lowest BCUT2D eigenvalue weighted by molar-refractivity contribution is 0.354. The van der Waals surface area contributed by atoms with Gasteiger partial charge in [0, 0.05) is 28.8 Å². The van der Waals surface area contributed by atoms with Crippen molar-refractivity contribution >= 4 is 23.3 Å². The number of fused-ring (bicyclic) bond motifs is 2. The lowest BCUT2D eigenvalue weighted by Gasteiger charge is -2.19. The summed E-state index contributed by atoms with van der Waals surface area (Å²) in [6.07, 6.45) is 7.35. The summed E-state index contributed by atoms with van der Waals surface area (Å²) < 4.78 is 15.9. The van der Waals surface area contributed by atoms with Crippen molar-refractivity contribution in [3.63, 3.8) is 0 Å². The van der Waals surface area contributed by atoms with E-state index in [-0.39, 0.29) is 0 Å². The molecule has 0 spiro atoms. The molecule has 2 aliphatic rings. The van der Waals surface area contributed by atoms with Crippen molar-refractivity contribution < 1.29 is 13.9 Å². The Bertz CT molecular complexity index is 1400. The van der Waals surface area contributed by atoms with Crippen LogP contribution in [0.15, 0.2) is 74.8 Å². The molecule has 1 unspecified atom stereocenters. The second-order valence-electron chi connectivity index (χ2n) is 8.94. The first kappa shape index (κ1) is 24.1. The zero-order valence-corrected chi connectivity index (χ0v) is 21.9. The summed E-state index contributed by atoms with van der Waals surface area (Å²) in [6, 6.07) is 14.8. The smallest absolute Gasteiger partial charge is 0.161 e. The minimum absolute atomic E-state index is 0.316. The van der Waals surface area contributed by atoms with Crippen LogP contribution >= 0.6 is 11.3 Å². The predicted molar refractivity (Wildman–Crippen MR) is 147 cm³/mol. The predicted octanol–water partition coefficient (Wildman–Crippen LogP) is 6.77. The monoisotopic (exact) mass is 498 g/mol. The molecule has 5 nitrogen and oxygen atoms in total. The largest absolute Gasteiger partial charge is 0.493 e. The molecule has 1 atom stereocenters. The van der Waals surface area contributed by atoms with Crippen LogP contribution in [0.1, 0.15) is 49.9 Å². The molecule has 4 aromatic rings. The molecule has 0 amide bonds. The molecule has 2 aromatic carbocycles. The highest BCUT2D eigenvalue weighted by Gasteiger charge is 2.21. The topological polar surface area (TPSA) is 56.3 Å². The molecule has 0 N–H and O–H groups in total. The van der Waals surface area contributed by atoms with E-state index in [4.69, 9.17) is 18.9 Å². The molecule has 0 saturated carbocycles. The SMILES string of the molecule is COc1cc2c(cc1OC)C(c1ccoc1)=NCC2.Cc1csc(C)c1C1Cc2ccccc2C=N1. The van der Waals surface area contributed by atoms with Crippen LogP contribution in [0.4, 0.5) is 0 Å². The zero-order valence-electron chi connectivity index (χ0n) is 21.1. The maximum absolute atomic E-state index is 5.36. The number of methoxy groups -OCH3 is 2. The van der Waals surface area contributed by atoms with Gasteiger partial charge in [0.25, 0.3) is 0 Å². The van der Waals surface area contributed by atoms with Crippen molar-refractivity contribution in [1.29, 1.82) is 0 Å². The van der Waals surface area contributed by atoms with Gasteiger partial charge in [-0.3, -0.25) is 9.98 Å². The summed E-state index contributed by atoms with van der Waals surface area (Å²) in [4.78, 5) is 10.7. The highest BCUT2D eigenvalue weighted by Crippen LogP contribution is 2.35. The number of aryl methyl sites for hydroxylation is 2. The third kappa shape index (κ3) is 4.73. The van der Waals surface area contributed by atoms with Gasteiger partial charge >= 0.3 is 0 Å². The second kappa shape index (κ2) is 10.5.